The monoisotopic (exact) mass is 276 g/mol. The lowest BCUT2D eigenvalue weighted by Gasteiger charge is -2.05. The van der Waals surface area contributed by atoms with Gasteiger partial charge in [0.2, 0.25) is 0 Å². The Hall–Kier alpha value is -1.94. The van der Waals surface area contributed by atoms with Crippen LogP contribution in [0.15, 0.2) is 30.5 Å². The maximum Gasteiger partial charge on any atom is 0.310 e. The lowest BCUT2D eigenvalue weighted by molar-refractivity contribution is -0.139. The highest BCUT2D eigenvalue weighted by molar-refractivity contribution is 6.30. The molecule has 0 saturated carbocycles. The molecular weight excluding hydrogens is 264 g/mol. The van der Waals surface area contributed by atoms with Crippen molar-refractivity contribution >= 4 is 17.6 Å². The van der Waals surface area contributed by atoms with Gasteiger partial charge in [0.15, 0.2) is 5.82 Å². The zero-order valence-corrected chi connectivity index (χ0v) is 11.4. The molecule has 2 rings (SSSR count). The normalized spacial score (nSPS) is 10.3. The van der Waals surface area contributed by atoms with E-state index in [2.05, 4.69) is 14.7 Å². The molecule has 98 valence electrons. The summed E-state index contributed by atoms with van der Waals surface area (Å²) < 4.78 is 4.58. The molecule has 4 nitrogen and oxygen atoms in total. The summed E-state index contributed by atoms with van der Waals surface area (Å²) >= 11 is 6.05. The van der Waals surface area contributed by atoms with Crippen LogP contribution in [0.5, 0.6) is 0 Å². The third-order valence-corrected chi connectivity index (χ3v) is 3.01. The molecule has 0 spiro atoms. The van der Waals surface area contributed by atoms with Crippen LogP contribution < -0.4 is 0 Å². The number of rotatable bonds is 3. The van der Waals surface area contributed by atoms with Crippen molar-refractivity contribution in [3.05, 3.63) is 46.7 Å². The first-order valence-electron chi connectivity index (χ1n) is 5.75. The van der Waals surface area contributed by atoms with Crippen LogP contribution >= 0.6 is 11.6 Å². The van der Waals surface area contributed by atoms with Gasteiger partial charge in [-0.15, -0.1) is 0 Å². The average molecular weight is 277 g/mol. The lowest BCUT2D eigenvalue weighted by Crippen LogP contribution is -2.06. The minimum atomic E-state index is -0.367. The van der Waals surface area contributed by atoms with E-state index in [9.17, 15) is 4.79 Å². The second kappa shape index (κ2) is 5.80. The van der Waals surface area contributed by atoms with Gasteiger partial charge in [-0.05, 0) is 6.92 Å². The average Bonchev–Trinajstić information content (AvgIpc) is 2.41. The molecule has 0 radical (unpaired) electrons. The number of aryl methyl sites for hydroxylation is 1. The number of hydrogen-bond donors (Lipinski definition) is 0. The molecule has 0 unspecified atom stereocenters. The number of hydrogen-bond acceptors (Lipinski definition) is 4. The topological polar surface area (TPSA) is 52.1 Å². The Morgan fingerprint density at radius 2 is 2.00 bits per heavy atom. The predicted molar refractivity (Wildman–Crippen MR) is 72.9 cm³/mol. The SMILES string of the molecule is COC(=O)Cc1cnc(-c2ccc(C)cc2)nc1Cl. The van der Waals surface area contributed by atoms with E-state index in [0.717, 1.165) is 11.1 Å². The zero-order valence-electron chi connectivity index (χ0n) is 10.7. The summed E-state index contributed by atoms with van der Waals surface area (Å²) in [5.41, 5.74) is 2.61. The van der Waals surface area contributed by atoms with Gasteiger partial charge >= 0.3 is 5.97 Å². The van der Waals surface area contributed by atoms with Crippen molar-refractivity contribution in [3.8, 4) is 11.4 Å². The molecule has 0 fully saturated rings. The van der Waals surface area contributed by atoms with Crippen LogP contribution in [-0.2, 0) is 16.0 Å². The molecule has 1 aromatic carbocycles. The quantitative estimate of drug-likeness (QED) is 0.639. The lowest BCUT2D eigenvalue weighted by atomic mass is 10.1. The maximum atomic E-state index is 11.2. The van der Waals surface area contributed by atoms with E-state index >= 15 is 0 Å². The van der Waals surface area contributed by atoms with Gasteiger partial charge in [-0.3, -0.25) is 4.79 Å². The summed E-state index contributed by atoms with van der Waals surface area (Å²) in [6, 6.07) is 7.83. The molecule has 5 heteroatoms. The summed E-state index contributed by atoms with van der Waals surface area (Å²) in [7, 11) is 1.33. The van der Waals surface area contributed by atoms with E-state index in [0.29, 0.717) is 11.4 Å². The number of ether oxygens (including phenoxy) is 1. The fourth-order valence-corrected chi connectivity index (χ4v) is 1.77. The van der Waals surface area contributed by atoms with Gasteiger partial charge in [-0.25, -0.2) is 9.97 Å². The smallest absolute Gasteiger partial charge is 0.310 e. The minimum Gasteiger partial charge on any atom is -0.469 e. The van der Waals surface area contributed by atoms with Crippen LogP contribution in [0.1, 0.15) is 11.1 Å². The van der Waals surface area contributed by atoms with Gasteiger partial charge in [-0.2, -0.15) is 0 Å². The minimum absolute atomic E-state index is 0.0729. The molecule has 0 atom stereocenters. The van der Waals surface area contributed by atoms with E-state index in [4.69, 9.17) is 11.6 Å². The first-order valence-corrected chi connectivity index (χ1v) is 6.13. The van der Waals surface area contributed by atoms with Crippen LogP contribution in [0.4, 0.5) is 0 Å². The fourth-order valence-electron chi connectivity index (χ4n) is 1.57. The number of nitrogens with zero attached hydrogens (tertiary/aromatic N) is 2. The Bertz CT molecular complexity index is 597. The Kier molecular flexibility index (Phi) is 4.12. The van der Waals surface area contributed by atoms with Crippen molar-refractivity contribution < 1.29 is 9.53 Å². The summed E-state index contributed by atoms with van der Waals surface area (Å²) in [5, 5.41) is 0.274. The number of methoxy groups -OCH3 is 1. The predicted octanol–water partition coefficient (Wildman–Crippen LogP) is 2.82. The standard InChI is InChI=1S/C14H13ClN2O2/c1-9-3-5-10(6-4-9)14-16-8-11(13(15)17-14)7-12(18)19-2/h3-6,8H,7H2,1-2H3. The molecule has 1 aromatic heterocycles. The van der Waals surface area contributed by atoms with E-state index in [1.54, 1.807) is 6.20 Å². The van der Waals surface area contributed by atoms with Crippen LogP contribution in [0, 0.1) is 6.92 Å². The zero-order chi connectivity index (χ0) is 13.8. The van der Waals surface area contributed by atoms with Gasteiger partial charge < -0.3 is 4.74 Å². The molecule has 1 heterocycles. The summed E-state index contributed by atoms with van der Waals surface area (Å²) in [4.78, 5) is 19.6. The van der Waals surface area contributed by atoms with Gasteiger partial charge in [0.05, 0.1) is 13.5 Å². The Morgan fingerprint density at radius 3 is 2.58 bits per heavy atom. The van der Waals surface area contributed by atoms with Crippen LogP contribution in [0.2, 0.25) is 5.15 Å². The molecule has 0 bridgehead atoms. The number of carbonyl (C=O) groups excluding carboxylic acids is 1. The van der Waals surface area contributed by atoms with Gasteiger partial charge in [0, 0.05) is 17.3 Å². The molecule has 0 aliphatic carbocycles. The van der Waals surface area contributed by atoms with Crippen LogP contribution in [0.25, 0.3) is 11.4 Å². The van der Waals surface area contributed by atoms with E-state index < -0.39 is 0 Å². The molecular formula is C14H13ClN2O2. The second-order valence-electron chi connectivity index (χ2n) is 4.13. The highest BCUT2D eigenvalue weighted by atomic mass is 35.5. The van der Waals surface area contributed by atoms with Crippen molar-refractivity contribution in [2.24, 2.45) is 0 Å². The third-order valence-electron chi connectivity index (χ3n) is 2.68. The van der Waals surface area contributed by atoms with Crippen molar-refractivity contribution in [2.75, 3.05) is 7.11 Å². The highest BCUT2D eigenvalue weighted by Gasteiger charge is 2.10. The van der Waals surface area contributed by atoms with Crippen LogP contribution in [-0.4, -0.2) is 23.0 Å². The molecule has 0 N–H and O–H groups in total. The van der Waals surface area contributed by atoms with E-state index in [-0.39, 0.29) is 17.5 Å². The van der Waals surface area contributed by atoms with Crippen molar-refractivity contribution in [1.82, 2.24) is 9.97 Å². The first kappa shape index (κ1) is 13.5. The number of halogens is 1. The van der Waals surface area contributed by atoms with Gasteiger partial charge in [0.1, 0.15) is 5.15 Å². The first-order chi connectivity index (χ1) is 9.10. The van der Waals surface area contributed by atoms with Gasteiger partial charge in [0.25, 0.3) is 0 Å². The molecule has 0 saturated heterocycles. The fraction of sp³-hybridized carbons (Fsp3) is 0.214. The molecule has 0 aliphatic rings. The van der Waals surface area contributed by atoms with Crippen LogP contribution in [0.3, 0.4) is 0 Å². The summed E-state index contributed by atoms with van der Waals surface area (Å²) in [6.07, 6.45) is 1.63. The molecule has 19 heavy (non-hydrogen) atoms. The number of carbonyl (C=O) groups is 1. The Morgan fingerprint density at radius 1 is 1.32 bits per heavy atom. The second-order valence-corrected chi connectivity index (χ2v) is 4.49. The largest absolute Gasteiger partial charge is 0.469 e. The van der Waals surface area contributed by atoms with Crippen molar-refractivity contribution in [2.45, 2.75) is 13.3 Å². The highest BCUT2D eigenvalue weighted by Crippen LogP contribution is 2.20. The van der Waals surface area contributed by atoms with Crippen molar-refractivity contribution in [3.63, 3.8) is 0 Å². The summed E-state index contributed by atoms with van der Waals surface area (Å²) in [6.45, 7) is 2.01. The third kappa shape index (κ3) is 3.29. The van der Waals surface area contributed by atoms with E-state index in [1.165, 1.54) is 7.11 Å². The summed E-state index contributed by atoms with van der Waals surface area (Å²) in [5.74, 6) is 0.173. The molecule has 0 aliphatic heterocycles. The Labute approximate surface area is 116 Å². The number of esters is 1. The number of aromatic nitrogens is 2. The van der Waals surface area contributed by atoms with Crippen molar-refractivity contribution in [1.29, 1.82) is 0 Å². The van der Waals surface area contributed by atoms with Gasteiger partial charge in [-0.1, -0.05) is 41.4 Å². The van der Waals surface area contributed by atoms with E-state index in [1.807, 2.05) is 31.2 Å². The molecule has 0 amide bonds. The molecule has 2 aromatic rings. The maximum absolute atomic E-state index is 11.2. The Balaban J connectivity index is 2.28. The number of benzene rings is 1.